The minimum Gasteiger partial charge on any atom is -0.238 e. The number of rotatable bonds is 2. The SMILES string of the molecule is C#CNS(=O)(=O)c1ccccc1. The second-order valence-electron chi connectivity index (χ2n) is 2.06. The molecule has 62 valence electrons. The van der Waals surface area contributed by atoms with Crippen LogP contribution in [0.2, 0.25) is 0 Å². The Balaban J connectivity index is 3.09. The monoisotopic (exact) mass is 181 g/mol. The van der Waals surface area contributed by atoms with Crippen LogP contribution in [0.3, 0.4) is 0 Å². The predicted molar refractivity (Wildman–Crippen MR) is 45.6 cm³/mol. The zero-order chi connectivity index (χ0) is 9.03. The van der Waals surface area contributed by atoms with Gasteiger partial charge < -0.3 is 0 Å². The largest absolute Gasteiger partial charge is 0.268 e. The lowest BCUT2D eigenvalue weighted by Crippen LogP contribution is -2.17. The van der Waals surface area contributed by atoms with Gasteiger partial charge in [-0.15, -0.1) is 0 Å². The van der Waals surface area contributed by atoms with Crippen LogP contribution in [0.5, 0.6) is 0 Å². The highest BCUT2D eigenvalue weighted by Gasteiger charge is 2.09. The summed E-state index contributed by atoms with van der Waals surface area (Å²) in [6.45, 7) is 0. The summed E-state index contributed by atoms with van der Waals surface area (Å²) in [5.74, 6) is 0. The number of hydrogen-bond acceptors (Lipinski definition) is 2. The van der Waals surface area contributed by atoms with Gasteiger partial charge in [0, 0.05) is 6.04 Å². The van der Waals surface area contributed by atoms with E-state index in [9.17, 15) is 8.42 Å². The molecule has 0 aliphatic carbocycles. The molecule has 1 aromatic carbocycles. The summed E-state index contributed by atoms with van der Waals surface area (Å²) in [6, 6.07) is 9.80. The zero-order valence-electron chi connectivity index (χ0n) is 6.19. The van der Waals surface area contributed by atoms with Crippen LogP contribution >= 0.6 is 0 Å². The zero-order valence-corrected chi connectivity index (χ0v) is 7.01. The lowest BCUT2D eigenvalue weighted by molar-refractivity contribution is 0.592. The summed E-state index contributed by atoms with van der Waals surface area (Å²) in [5, 5.41) is 0. The van der Waals surface area contributed by atoms with Gasteiger partial charge in [-0.2, -0.15) is 0 Å². The van der Waals surface area contributed by atoms with Crippen molar-refractivity contribution in [1.29, 1.82) is 0 Å². The Labute approximate surface area is 71.5 Å². The van der Waals surface area contributed by atoms with Gasteiger partial charge in [0.25, 0.3) is 10.0 Å². The summed E-state index contributed by atoms with van der Waals surface area (Å²) in [5.41, 5.74) is 0. The first-order chi connectivity index (χ1) is 5.67. The minimum atomic E-state index is -3.50. The molecule has 0 atom stereocenters. The van der Waals surface area contributed by atoms with Crippen LogP contribution in [0.4, 0.5) is 0 Å². The van der Waals surface area contributed by atoms with Crippen molar-refractivity contribution in [3.05, 3.63) is 30.3 Å². The van der Waals surface area contributed by atoms with Gasteiger partial charge >= 0.3 is 0 Å². The van der Waals surface area contributed by atoms with E-state index in [1.165, 1.54) is 12.1 Å². The molecule has 0 fully saturated rings. The van der Waals surface area contributed by atoms with Crippen molar-refractivity contribution in [1.82, 2.24) is 4.72 Å². The molecule has 0 amide bonds. The van der Waals surface area contributed by atoms with Crippen LogP contribution < -0.4 is 4.72 Å². The average molecular weight is 181 g/mol. The second kappa shape index (κ2) is 3.28. The van der Waals surface area contributed by atoms with Crippen molar-refractivity contribution in [3.8, 4) is 12.5 Å². The van der Waals surface area contributed by atoms with E-state index in [2.05, 4.69) is 0 Å². The lowest BCUT2D eigenvalue weighted by Gasteiger charge is -1.99. The topological polar surface area (TPSA) is 46.2 Å². The van der Waals surface area contributed by atoms with Crippen molar-refractivity contribution in [2.45, 2.75) is 4.90 Å². The second-order valence-corrected chi connectivity index (χ2v) is 3.75. The quantitative estimate of drug-likeness (QED) is 0.535. The molecule has 1 N–H and O–H groups in total. The standard InChI is InChI=1S/C8H7NO2S/c1-2-9-12(10,11)8-6-4-3-5-7-8/h1,3-7,9H. The number of sulfonamides is 1. The third kappa shape index (κ3) is 1.77. The molecule has 4 heteroatoms. The smallest absolute Gasteiger partial charge is 0.238 e. The maximum atomic E-state index is 11.2. The van der Waals surface area contributed by atoms with E-state index in [1.807, 2.05) is 10.8 Å². The summed E-state index contributed by atoms with van der Waals surface area (Å²) in [6.07, 6.45) is 4.81. The van der Waals surface area contributed by atoms with Crippen LogP contribution in [0, 0.1) is 12.5 Å². The first kappa shape index (κ1) is 8.62. The number of hydrogen-bond donors (Lipinski definition) is 1. The highest BCUT2D eigenvalue weighted by Crippen LogP contribution is 2.05. The molecule has 0 aliphatic heterocycles. The molecule has 0 heterocycles. The molecule has 0 bridgehead atoms. The Kier molecular flexibility index (Phi) is 2.36. The Bertz CT molecular complexity index is 389. The fraction of sp³-hybridized carbons (Fsp3) is 0. The van der Waals surface area contributed by atoms with Crippen molar-refractivity contribution >= 4 is 10.0 Å². The molecule has 0 radical (unpaired) electrons. The third-order valence-corrected chi connectivity index (χ3v) is 2.53. The molecule has 0 aliphatic rings. The lowest BCUT2D eigenvalue weighted by atomic mass is 10.4. The Morgan fingerprint density at radius 3 is 2.33 bits per heavy atom. The molecule has 0 spiro atoms. The van der Waals surface area contributed by atoms with Crippen LogP contribution in [-0.4, -0.2) is 8.42 Å². The van der Waals surface area contributed by atoms with E-state index in [-0.39, 0.29) is 4.90 Å². The predicted octanol–water partition coefficient (Wildman–Crippen LogP) is 0.556. The van der Waals surface area contributed by atoms with Gasteiger partial charge in [-0.05, 0) is 12.1 Å². The van der Waals surface area contributed by atoms with Crippen molar-refractivity contribution < 1.29 is 8.42 Å². The fourth-order valence-electron chi connectivity index (χ4n) is 0.736. The average Bonchev–Trinajstić information content (AvgIpc) is 2.06. The normalized spacial score (nSPS) is 10.2. The van der Waals surface area contributed by atoms with Crippen molar-refractivity contribution in [2.75, 3.05) is 0 Å². The molecule has 3 nitrogen and oxygen atoms in total. The highest BCUT2D eigenvalue weighted by molar-refractivity contribution is 7.89. The van der Waals surface area contributed by atoms with Gasteiger partial charge in [0.2, 0.25) is 0 Å². The number of benzene rings is 1. The van der Waals surface area contributed by atoms with E-state index in [0.29, 0.717) is 0 Å². The van der Waals surface area contributed by atoms with Gasteiger partial charge in [-0.1, -0.05) is 24.6 Å². The Hall–Kier alpha value is -1.47. The third-order valence-electron chi connectivity index (χ3n) is 1.25. The number of terminal acetylenes is 1. The van der Waals surface area contributed by atoms with E-state index < -0.39 is 10.0 Å². The molecule has 0 saturated heterocycles. The van der Waals surface area contributed by atoms with Gasteiger partial charge in [0.05, 0.1) is 4.90 Å². The molecule has 0 aromatic heterocycles. The molecule has 1 aromatic rings. The van der Waals surface area contributed by atoms with E-state index in [1.54, 1.807) is 18.2 Å². The van der Waals surface area contributed by atoms with Crippen LogP contribution in [-0.2, 0) is 10.0 Å². The number of nitrogens with one attached hydrogen (secondary N) is 1. The van der Waals surface area contributed by atoms with E-state index >= 15 is 0 Å². The van der Waals surface area contributed by atoms with Crippen molar-refractivity contribution in [2.24, 2.45) is 0 Å². The van der Waals surface area contributed by atoms with Gasteiger partial charge in [-0.3, -0.25) is 0 Å². The summed E-state index contributed by atoms with van der Waals surface area (Å²) in [7, 11) is -3.50. The maximum Gasteiger partial charge on any atom is 0.268 e. The first-order valence-corrected chi connectivity index (χ1v) is 4.67. The van der Waals surface area contributed by atoms with Crippen LogP contribution in [0.15, 0.2) is 35.2 Å². The maximum absolute atomic E-state index is 11.2. The van der Waals surface area contributed by atoms with Gasteiger partial charge in [0.1, 0.15) is 0 Å². The Morgan fingerprint density at radius 2 is 1.83 bits per heavy atom. The van der Waals surface area contributed by atoms with Gasteiger partial charge in [-0.25, -0.2) is 13.1 Å². The fourth-order valence-corrected chi connectivity index (χ4v) is 1.52. The molecule has 1 rings (SSSR count). The molecule has 0 saturated carbocycles. The molecule has 12 heavy (non-hydrogen) atoms. The first-order valence-electron chi connectivity index (χ1n) is 3.19. The minimum absolute atomic E-state index is 0.169. The van der Waals surface area contributed by atoms with E-state index in [0.717, 1.165) is 0 Å². The van der Waals surface area contributed by atoms with Gasteiger partial charge in [0.15, 0.2) is 0 Å². The van der Waals surface area contributed by atoms with E-state index in [4.69, 9.17) is 6.42 Å². The summed E-state index contributed by atoms with van der Waals surface area (Å²) < 4.78 is 24.3. The van der Waals surface area contributed by atoms with Crippen LogP contribution in [0.25, 0.3) is 0 Å². The summed E-state index contributed by atoms with van der Waals surface area (Å²) >= 11 is 0. The Morgan fingerprint density at radius 1 is 1.25 bits per heavy atom. The summed E-state index contributed by atoms with van der Waals surface area (Å²) in [4.78, 5) is 0.169. The van der Waals surface area contributed by atoms with Crippen molar-refractivity contribution in [3.63, 3.8) is 0 Å². The highest BCUT2D eigenvalue weighted by atomic mass is 32.2. The molecule has 0 unspecified atom stereocenters. The molecular formula is C8H7NO2S. The molecular weight excluding hydrogens is 174 g/mol. The van der Waals surface area contributed by atoms with Crippen LogP contribution in [0.1, 0.15) is 0 Å².